The molecule has 0 N–H and O–H groups in total. The lowest BCUT2D eigenvalue weighted by Crippen LogP contribution is -2.40. The van der Waals surface area contributed by atoms with Crippen LogP contribution in [0.15, 0.2) is 57.7 Å². The summed E-state index contributed by atoms with van der Waals surface area (Å²) in [6, 6.07) is 13.2. The van der Waals surface area contributed by atoms with Crippen LogP contribution in [0.1, 0.15) is 35.0 Å². The van der Waals surface area contributed by atoms with Crippen molar-refractivity contribution in [3.8, 4) is 5.75 Å². The largest absolute Gasteiger partial charge is 0.494 e. The second-order valence-corrected chi connectivity index (χ2v) is 10.3. The Morgan fingerprint density at radius 1 is 1.16 bits per heavy atom. The zero-order valence-corrected chi connectivity index (χ0v) is 18.9. The lowest BCUT2D eigenvalue weighted by atomic mass is 10.1. The van der Waals surface area contributed by atoms with E-state index in [1.165, 1.54) is 11.0 Å². The second kappa shape index (κ2) is 8.78. The Kier molecular flexibility index (Phi) is 6.06. The fourth-order valence-corrected chi connectivity index (χ4v) is 5.68. The number of carbonyl (C=O) groups is 1. The van der Waals surface area contributed by atoms with Gasteiger partial charge in [-0.2, -0.15) is 0 Å². The van der Waals surface area contributed by atoms with Crippen LogP contribution >= 0.6 is 0 Å². The van der Waals surface area contributed by atoms with E-state index in [-0.39, 0.29) is 29.2 Å². The van der Waals surface area contributed by atoms with E-state index in [4.69, 9.17) is 9.15 Å². The molecule has 2 aromatic carbocycles. The molecule has 4 rings (SSSR count). The van der Waals surface area contributed by atoms with Gasteiger partial charge in [-0.1, -0.05) is 18.2 Å². The Balaban J connectivity index is 1.70. The SMILES string of the molecule is CCOc1ccc(CN(C(=O)c2cc(=O)c3ccc(C)cc3o2)[C@@H]2CCS(=O)(=O)C2)cc1. The van der Waals surface area contributed by atoms with E-state index < -0.39 is 21.8 Å². The normalized spacial score (nSPS) is 17.4. The molecule has 0 unspecified atom stereocenters. The first kappa shape index (κ1) is 22.1. The Morgan fingerprint density at radius 3 is 2.56 bits per heavy atom. The minimum absolute atomic E-state index is 0.0333. The molecule has 3 aromatic rings. The number of hydrogen-bond donors (Lipinski definition) is 0. The predicted molar refractivity (Wildman–Crippen MR) is 122 cm³/mol. The summed E-state index contributed by atoms with van der Waals surface area (Å²) in [6.07, 6.45) is 0.349. The van der Waals surface area contributed by atoms with Crippen LogP contribution in [0.5, 0.6) is 5.75 Å². The van der Waals surface area contributed by atoms with Gasteiger partial charge in [-0.05, 0) is 55.7 Å². The van der Waals surface area contributed by atoms with Crippen molar-refractivity contribution in [2.24, 2.45) is 0 Å². The maximum Gasteiger partial charge on any atom is 0.290 e. The van der Waals surface area contributed by atoms with Crippen molar-refractivity contribution in [1.29, 1.82) is 0 Å². The summed E-state index contributed by atoms with van der Waals surface area (Å²) >= 11 is 0. The van der Waals surface area contributed by atoms with E-state index >= 15 is 0 Å². The Hall–Kier alpha value is -3.13. The zero-order chi connectivity index (χ0) is 22.9. The number of hydrogen-bond acceptors (Lipinski definition) is 6. The van der Waals surface area contributed by atoms with Gasteiger partial charge in [0.1, 0.15) is 11.3 Å². The molecule has 0 spiro atoms. The zero-order valence-electron chi connectivity index (χ0n) is 18.0. The summed E-state index contributed by atoms with van der Waals surface area (Å²) in [6.45, 7) is 4.51. The van der Waals surface area contributed by atoms with Crippen molar-refractivity contribution in [2.75, 3.05) is 18.1 Å². The van der Waals surface area contributed by atoms with Gasteiger partial charge in [-0.3, -0.25) is 9.59 Å². The van der Waals surface area contributed by atoms with Crippen LogP contribution in [0.2, 0.25) is 0 Å². The van der Waals surface area contributed by atoms with Crippen LogP contribution in [0.4, 0.5) is 0 Å². The molecule has 1 aliphatic rings. The molecule has 0 aliphatic carbocycles. The van der Waals surface area contributed by atoms with Gasteiger partial charge in [-0.25, -0.2) is 8.42 Å². The molecule has 1 amide bonds. The van der Waals surface area contributed by atoms with Gasteiger partial charge in [0, 0.05) is 18.7 Å². The summed E-state index contributed by atoms with van der Waals surface area (Å²) in [4.78, 5) is 27.6. The van der Waals surface area contributed by atoms with Crippen molar-refractivity contribution in [3.05, 3.63) is 75.6 Å². The minimum atomic E-state index is -3.22. The first-order valence-corrected chi connectivity index (χ1v) is 12.4. The first-order valence-electron chi connectivity index (χ1n) is 10.5. The number of ether oxygens (including phenoxy) is 1. The number of carbonyl (C=O) groups excluding carboxylic acids is 1. The number of benzene rings is 2. The lowest BCUT2D eigenvalue weighted by Gasteiger charge is -2.28. The van der Waals surface area contributed by atoms with Crippen LogP contribution in [-0.4, -0.2) is 43.4 Å². The molecule has 1 saturated heterocycles. The molecule has 7 nitrogen and oxygen atoms in total. The molecule has 8 heteroatoms. The molecule has 1 fully saturated rings. The van der Waals surface area contributed by atoms with Crippen molar-refractivity contribution in [1.82, 2.24) is 4.90 Å². The first-order chi connectivity index (χ1) is 15.3. The Morgan fingerprint density at radius 2 is 1.91 bits per heavy atom. The van der Waals surface area contributed by atoms with Gasteiger partial charge in [0.05, 0.1) is 23.5 Å². The van der Waals surface area contributed by atoms with E-state index in [0.29, 0.717) is 29.7 Å². The number of amides is 1. The van der Waals surface area contributed by atoms with E-state index in [0.717, 1.165) is 11.1 Å². The fraction of sp³-hybridized carbons (Fsp3) is 0.333. The molecular weight excluding hydrogens is 430 g/mol. The van der Waals surface area contributed by atoms with Crippen LogP contribution in [0.25, 0.3) is 11.0 Å². The molecule has 168 valence electrons. The molecule has 1 aliphatic heterocycles. The summed E-state index contributed by atoms with van der Waals surface area (Å²) in [7, 11) is -3.22. The second-order valence-electron chi connectivity index (χ2n) is 8.04. The standard InChI is InChI=1S/C24H25NO6S/c1-3-30-19-7-5-17(6-8-19)14-25(18-10-11-32(28,29)15-18)24(27)23-13-21(26)20-9-4-16(2)12-22(20)31-23/h4-9,12-13,18H,3,10-11,14-15H2,1-2H3/t18-/m1/s1. The average Bonchev–Trinajstić information content (AvgIpc) is 3.12. The van der Waals surface area contributed by atoms with E-state index in [1.54, 1.807) is 12.1 Å². The van der Waals surface area contributed by atoms with Crippen LogP contribution in [0.3, 0.4) is 0 Å². The number of fused-ring (bicyclic) bond motifs is 1. The quantitative estimate of drug-likeness (QED) is 0.566. The van der Waals surface area contributed by atoms with Crippen molar-refractivity contribution < 1.29 is 22.4 Å². The van der Waals surface area contributed by atoms with Gasteiger partial charge in [0.2, 0.25) is 0 Å². The third-order valence-corrected chi connectivity index (χ3v) is 7.34. The highest BCUT2D eigenvalue weighted by Gasteiger charge is 2.36. The highest BCUT2D eigenvalue weighted by Crippen LogP contribution is 2.24. The lowest BCUT2D eigenvalue weighted by molar-refractivity contribution is 0.0648. The maximum atomic E-state index is 13.5. The Bertz CT molecular complexity index is 1310. The molecule has 0 saturated carbocycles. The van der Waals surface area contributed by atoms with Gasteiger partial charge >= 0.3 is 0 Å². The van der Waals surface area contributed by atoms with Crippen molar-refractivity contribution in [2.45, 2.75) is 32.9 Å². The average molecular weight is 456 g/mol. The smallest absolute Gasteiger partial charge is 0.290 e. The number of nitrogens with zero attached hydrogens (tertiary/aromatic N) is 1. The van der Waals surface area contributed by atoms with E-state index in [2.05, 4.69) is 0 Å². The van der Waals surface area contributed by atoms with Crippen molar-refractivity contribution in [3.63, 3.8) is 0 Å². The highest BCUT2D eigenvalue weighted by molar-refractivity contribution is 7.91. The molecule has 2 heterocycles. The van der Waals surface area contributed by atoms with E-state index in [9.17, 15) is 18.0 Å². The molecule has 32 heavy (non-hydrogen) atoms. The van der Waals surface area contributed by atoms with Gasteiger partial charge < -0.3 is 14.1 Å². The maximum absolute atomic E-state index is 13.5. The fourth-order valence-electron chi connectivity index (χ4n) is 3.95. The monoisotopic (exact) mass is 455 g/mol. The molecule has 1 aromatic heterocycles. The molecular formula is C24H25NO6S. The van der Waals surface area contributed by atoms with Crippen LogP contribution in [-0.2, 0) is 16.4 Å². The predicted octanol–water partition coefficient (Wildman–Crippen LogP) is 3.33. The molecule has 1 atom stereocenters. The highest BCUT2D eigenvalue weighted by atomic mass is 32.2. The van der Waals surface area contributed by atoms with Crippen LogP contribution in [0, 0.1) is 6.92 Å². The van der Waals surface area contributed by atoms with Gasteiger partial charge in [-0.15, -0.1) is 0 Å². The summed E-state index contributed by atoms with van der Waals surface area (Å²) in [5.41, 5.74) is 1.75. The van der Waals surface area contributed by atoms with Gasteiger partial charge in [0.25, 0.3) is 5.91 Å². The third-order valence-electron chi connectivity index (χ3n) is 5.59. The van der Waals surface area contributed by atoms with E-state index in [1.807, 2.05) is 44.2 Å². The summed E-state index contributed by atoms with van der Waals surface area (Å²) in [5.74, 6) is 0.0523. The Labute approximate surface area is 186 Å². The molecule has 0 radical (unpaired) electrons. The number of aryl methyl sites for hydroxylation is 1. The number of rotatable bonds is 6. The number of sulfone groups is 1. The van der Waals surface area contributed by atoms with Crippen molar-refractivity contribution >= 4 is 26.7 Å². The topological polar surface area (TPSA) is 93.9 Å². The minimum Gasteiger partial charge on any atom is -0.494 e. The summed E-state index contributed by atoms with van der Waals surface area (Å²) < 4.78 is 35.5. The van der Waals surface area contributed by atoms with Gasteiger partial charge in [0.15, 0.2) is 21.0 Å². The molecule has 0 bridgehead atoms. The third kappa shape index (κ3) is 4.70. The summed E-state index contributed by atoms with van der Waals surface area (Å²) in [5, 5.41) is 0.397. The van der Waals surface area contributed by atoms with Crippen LogP contribution < -0.4 is 10.2 Å².